The van der Waals surface area contributed by atoms with Crippen LogP contribution >= 0.6 is 0 Å². The Bertz CT molecular complexity index is 1190. The fourth-order valence-corrected chi connectivity index (χ4v) is 3.39. The zero-order valence-corrected chi connectivity index (χ0v) is 15.1. The number of fused-ring (bicyclic) bond motifs is 2. The Morgan fingerprint density at radius 3 is 3.04 bits per heavy atom. The summed E-state index contributed by atoms with van der Waals surface area (Å²) in [6.07, 6.45) is 5.72. The summed E-state index contributed by atoms with van der Waals surface area (Å²) >= 11 is 0. The molecule has 0 spiro atoms. The van der Waals surface area contributed by atoms with Crippen LogP contribution in [0.4, 0.5) is 0 Å². The van der Waals surface area contributed by atoms with E-state index in [0.717, 1.165) is 24.6 Å². The molecule has 0 aliphatic carbocycles. The average Bonchev–Trinajstić information content (AvgIpc) is 3.13. The Morgan fingerprint density at radius 2 is 2.14 bits per heavy atom. The number of nitrogens with zero attached hydrogens (tertiary/aromatic N) is 4. The second-order valence-electron chi connectivity index (χ2n) is 6.73. The van der Waals surface area contributed by atoms with E-state index in [1.54, 1.807) is 16.9 Å². The van der Waals surface area contributed by atoms with Crippen molar-refractivity contribution in [3.8, 4) is 5.88 Å². The molecule has 4 aromatic rings. The fourth-order valence-electron chi connectivity index (χ4n) is 3.39. The molecule has 28 heavy (non-hydrogen) atoms. The minimum Gasteiger partial charge on any atom is -0.447 e. The van der Waals surface area contributed by atoms with Crippen molar-refractivity contribution in [1.29, 1.82) is 0 Å². The minimum absolute atomic E-state index is 0.243. The van der Waals surface area contributed by atoms with Crippen molar-refractivity contribution < 1.29 is 13.9 Å². The number of rotatable bonds is 4. The van der Waals surface area contributed by atoms with Crippen molar-refractivity contribution in [3.63, 3.8) is 0 Å². The smallest absolute Gasteiger partial charge is 0.341 e. The maximum atomic E-state index is 12.3. The van der Waals surface area contributed by atoms with Gasteiger partial charge in [0.05, 0.1) is 24.9 Å². The summed E-state index contributed by atoms with van der Waals surface area (Å²) in [6, 6.07) is 9.23. The first-order chi connectivity index (χ1) is 13.8. The van der Waals surface area contributed by atoms with Crippen LogP contribution in [0.5, 0.6) is 5.88 Å². The third-order valence-electron chi connectivity index (χ3n) is 4.81. The zero-order valence-electron chi connectivity index (χ0n) is 15.1. The normalized spacial score (nSPS) is 17.2. The Kier molecular flexibility index (Phi) is 4.25. The summed E-state index contributed by atoms with van der Waals surface area (Å²) in [4.78, 5) is 20.9. The van der Waals surface area contributed by atoms with Gasteiger partial charge in [-0.3, -0.25) is 0 Å². The van der Waals surface area contributed by atoms with Crippen LogP contribution in [-0.4, -0.2) is 32.6 Å². The topological polar surface area (TPSA) is 92.3 Å². The Balaban J connectivity index is 1.48. The highest BCUT2D eigenvalue weighted by Gasteiger charge is 2.19. The molecule has 8 heteroatoms. The van der Waals surface area contributed by atoms with E-state index in [1.165, 1.54) is 6.33 Å². The summed E-state index contributed by atoms with van der Waals surface area (Å²) in [5, 5.41) is 5.92. The van der Waals surface area contributed by atoms with Gasteiger partial charge in [-0.2, -0.15) is 5.10 Å². The van der Waals surface area contributed by atoms with Crippen LogP contribution in [0.3, 0.4) is 0 Å². The molecule has 8 nitrogen and oxygen atoms in total. The van der Waals surface area contributed by atoms with Crippen LogP contribution in [0.1, 0.15) is 24.8 Å². The maximum absolute atomic E-state index is 12.3. The van der Waals surface area contributed by atoms with E-state index >= 15 is 0 Å². The molecule has 142 valence electrons. The third-order valence-corrected chi connectivity index (χ3v) is 4.81. The monoisotopic (exact) mass is 378 g/mol. The van der Waals surface area contributed by atoms with Gasteiger partial charge < -0.3 is 13.9 Å². The molecule has 1 atom stereocenters. The Labute approximate surface area is 159 Å². The molecule has 1 aliphatic rings. The second kappa shape index (κ2) is 7.05. The van der Waals surface area contributed by atoms with E-state index in [-0.39, 0.29) is 18.5 Å². The quantitative estimate of drug-likeness (QED) is 0.504. The number of hydrogen-bond acceptors (Lipinski definition) is 7. The zero-order chi connectivity index (χ0) is 18.9. The predicted octanol–water partition coefficient (Wildman–Crippen LogP) is 2.89. The lowest BCUT2D eigenvalue weighted by atomic mass is 10.2. The highest BCUT2D eigenvalue weighted by molar-refractivity contribution is 5.80. The fraction of sp³-hybridized carbons (Fsp3) is 0.300. The first-order valence-electron chi connectivity index (χ1n) is 9.24. The summed E-state index contributed by atoms with van der Waals surface area (Å²) < 4.78 is 18.6. The maximum Gasteiger partial charge on any atom is 0.341 e. The average molecular weight is 378 g/mol. The van der Waals surface area contributed by atoms with Gasteiger partial charge in [-0.1, -0.05) is 18.2 Å². The predicted molar refractivity (Wildman–Crippen MR) is 101 cm³/mol. The molecule has 0 bridgehead atoms. The number of hydrogen-bond donors (Lipinski definition) is 0. The van der Waals surface area contributed by atoms with Gasteiger partial charge in [0.25, 0.3) is 0 Å². The summed E-state index contributed by atoms with van der Waals surface area (Å²) in [7, 11) is 0. The standard InChI is InChI=1S/C20H18N4O4/c25-20-14(9-13-5-1-2-6-16(13)27-20)11-24-18-15(10-23-24)19(22-12-21-18)28-17-7-3-4-8-26-17/h1-2,5-6,9-10,12,17H,3-4,7-8,11H2. The lowest BCUT2D eigenvalue weighted by molar-refractivity contribution is -0.107. The van der Waals surface area contributed by atoms with Crippen molar-refractivity contribution in [1.82, 2.24) is 19.7 Å². The molecular formula is C20H18N4O4. The van der Waals surface area contributed by atoms with E-state index < -0.39 is 0 Å². The van der Waals surface area contributed by atoms with Gasteiger partial charge in [0, 0.05) is 11.8 Å². The summed E-state index contributed by atoms with van der Waals surface area (Å²) in [6.45, 7) is 0.933. The number of benzene rings is 1. The van der Waals surface area contributed by atoms with E-state index in [2.05, 4.69) is 15.1 Å². The van der Waals surface area contributed by atoms with E-state index in [0.29, 0.717) is 34.7 Å². The molecule has 5 rings (SSSR count). The van der Waals surface area contributed by atoms with Crippen molar-refractivity contribution >= 4 is 22.0 Å². The van der Waals surface area contributed by atoms with Gasteiger partial charge in [0.1, 0.15) is 17.3 Å². The molecule has 1 aliphatic heterocycles. The molecule has 0 saturated carbocycles. The first kappa shape index (κ1) is 16.9. The Morgan fingerprint density at radius 1 is 1.21 bits per heavy atom. The highest BCUT2D eigenvalue weighted by atomic mass is 16.7. The molecule has 4 heterocycles. The minimum atomic E-state index is -0.386. The van der Waals surface area contributed by atoms with Crippen LogP contribution in [0.15, 0.2) is 52.1 Å². The van der Waals surface area contributed by atoms with Crippen molar-refractivity contribution in [2.75, 3.05) is 6.61 Å². The summed E-state index contributed by atoms with van der Waals surface area (Å²) in [5.74, 6) is 0.439. The van der Waals surface area contributed by atoms with E-state index in [4.69, 9.17) is 13.9 Å². The van der Waals surface area contributed by atoms with Gasteiger partial charge in [-0.05, 0) is 25.0 Å². The van der Waals surface area contributed by atoms with Crippen LogP contribution in [-0.2, 0) is 11.3 Å². The molecule has 1 fully saturated rings. The lowest BCUT2D eigenvalue weighted by Gasteiger charge is -2.22. The molecule has 1 saturated heterocycles. The van der Waals surface area contributed by atoms with Gasteiger partial charge in [-0.25, -0.2) is 19.4 Å². The molecule has 0 amide bonds. The van der Waals surface area contributed by atoms with Gasteiger partial charge in [0.15, 0.2) is 5.65 Å². The molecule has 0 radical (unpaired) electrons. The van der Waals surface area contributed by atoms with Gasteiger partial charge in [-0.15, -0.1) is 0 Å². The van der Waals surface area contributed by atoms with Crippen molar-refractivity contribution in [2.24, 2.45) is 0 Å². The molecule has 3 aromatic heterocycles. The molecule has 1 unspecified atom stereocenters. The number of para-hydroxylation sites is 1. The van der Waals surface area contributed by atoms with Gasteiger partial charge >= 0.3 is 5.63 Å². The summed E-state index contributed by atoms with van der Waals surface area (Å²) in [5.41, 5.74) is 1.27. The van der Waals surface area contributed by atoms with Crippen LogP contribution in [0.25, 0.3) is 22.0 Å². The van der Waals surface area contributed by atoms with Gasteiger partial charge in [0.2, 0.25) is 12.2 Å². The van der Waals surface area contributed by atoms with Crippen LogP contribution in [0.2, 0.25) is 0 Å². The highest BCUT2D eigenvalue weighted by Crippen LogP contribution is 2.25. The molecule has 0 N–H and O–H groups in total. The first-order valence-corrected chi connectivity index (χ1v) is 9.24. The lowest BCUT2D eigenvalue weighted by Crippen LogP contribution is -2.25. The number of ether oxygens (including phenoxy) is 2. The van der Waals surface area contributed by atoms with Crippen molar-refractivity contribution in [2.45, 2.75) is 32.1 Å². The van der Waals surface area contributed by atoms with E-state index in [1.807, 2.05) is 24.3 Å². The third kappa shape index (κ3) is 3.11. The van der Waals surface area contributed by atoms with Crippen LogP contribution in [0, 0.1) is 0 Å². The van der Waals surface area contributed by atoms with Crippen molar-refractivity contribution in [3.05, 3.63) is 58.8 Å². The van der Waals surface area contributed by atoms with E-state index in [9.17, 15) is 4.79 Å². The Hall–Kier alpha value is -3.26. The molecular weight excluding hydrogens is 360 g/mol. The molecule has 1 aromatic carbocycles. The SMILES string of the molecule is O=c1oc2ccccc2cc1Cn1ncc2c(OC3CCCCO3)ncnc21. The van der Waals surface area contributed by atoms with Crippen LogP contribution < -0.4 is 10.4 Å². The number of aromatic nitrogens is 4. The largest absolute Gasteiger partial charge is 0.447 e. The second-order valence-corrected chi connectivity index (χ2v) is 6.73.